The summed E-state index contributed by atoms with van der Waals surface area (Å²) >= 11 is 0. The molecule has 2 heterocycles. The SMILES string of the molecule is CN(C(=O)Cc1ccc(OCCCN2CCN(c3ccc(OCC(C)(O)C(=O)Nc4ccc(C#N)c(C(F)(F)F)c4)cc3)CC2)cc1)[C@H]1CCC(=O)NC1=O. The van der Waals surface area contributed by atoms with Crippen molar-refractivity contribution in [1.29, 1.82) is 5.26 Å². The van der Waals surface area contributed by atoms with Crippen molar-refractivity contribution in [2.24, 2.45) is 0 Å². The predicted molar refractivity (Wildman–Crippen MR) is 195 cm³/mol. The van der Waals surface area contributed by atoms with Gasteiger partial charge in [0.1, 0.15) is 24.1 Å². The number of nitriles is 1. The van der Waals surface area contributed by atoms with Gasteiger partial charge in [-0.2, -0.15) is 18.4 Å². The van der Waals surface area contributed by atoms with Gasteiger partial charge < -0.3 is 29.7 Å². The van der Waals surface area contributed by atoms with Crippen molar-refractivity contribution in [3.63, 3.8) is 0 Å². The van der Waals surface area contributed by atoms with Crippen LogP contribution in [0.25, 0.3) is 0 Å². The fourth-order valence-electron chi connectivity index (χ4n) is 6.20. The van der Waals surface area contributed by atoms with E-state index < -0.39 is 47.4 Å². The molecule has 55 heavy (non-hydrogen) atoms. The summed E-state index contributed by atoms with van der Waals surface area (Å²) in [5, 5.41) is 24.2. The Balaban J connectivity index is 0.985. The van der Waals surface area contributed by atoms with E-state index >= 15 is 0 Å². The van der Waals surface area contributed by atoms with Gasteiger partial charge >= 0.3 is 6.18 Å². The molecule has 0 aliphatic carbocycles. The van der Waals surface area contributed by atoms with Crippen LogP contribution in [0.5, 0.6) is 11.5 Å². The minimum atomic E-state index is -4.79. The number of likely N-dealkylation sites (N-methyl/N-ethyl adjacent to an activating group) is 1. The number of rotatable bonds is 14. The van der Waals surface area contributed by atoms with Gasteiger partial charge in [0.25, 0.3) is 5.91 Å². The highest BCUT2D eigenvalue weighted by Crippen LogP contribution is 2.34. The number of anilines is 2. The van der Waals surface area contributed by atoms with Crippen LogP contribution in [0.2, 0.25) is 0 Å². The molecular weight excluding hydrogens is 721 g/mol. The molecule has 0 radical (unpaired) electrons. The number of halogens is 3. The lowest BCUT2D eigenvalue weighted by Gasteiger charge is -2.36. The molecule has 0 spiro atoms. The molecule has 4 amide bonds. The predicted octanol–water partition coefficient (Wildman–Crippen LogP) is 3.74. The average molecular weight is 765 g/mol. The van der Waals surface area contributed by atoms with E-state index in [1.165, 1.54) is 17.9 Å². The summed E-state index contributed by atoms with van der Waals surface area (Å²) in [5.41, 5.74) is -2.29. The minimum Gasteiger partial charge on any atom is -0.494 e. The van der Waals surface area contributed by atoms with Crippen LogP contribution in [0.1, 0.15) is 42.9 Å². The lowest BCUT2D eigenvalue weighted by molar-refractivity contribution is -0.144. The van der Waals surface area contributed by atoms with Gasteiger partial charge in [-0.05, 0) is 79.9 Å². The number of piperidine rings is 1. The summed E-state index contributed by atoms with van der Waals surface area (Å²) in [6.07, 6.45) is -3.31. The maximum Gasteiger partial charge on any atom is 0.417 e. The van der Waals surface area contributed by atoms with Crippen LogP contribution >= 0.6 is 0 Å². The summed E-state index contributed by atoms with van der Waals surface area (Å²) in [4.78, 5) is 54.9. The Labute approximate surface area is 316 Å². The Morgan fingerprint density at radius 3 is 2.29 bits per heavy atom. The van der Waals surface area contributed by atoms with E-state index in [4.69, 9.17) is 14.7 Å². The number of nitrogens with one attached hydrogen (secondary N) is 2. The molecule has 13 nitrogen and oxygen atoms in total. The van der Waals surface area contributed by atoms with Crippen LogP contribution in [0, 0.1) is 11.3 Å². The number of carbonyl (C=O) groups is 4. The van der Waals surface area contributed by atoms with E-state index in [0.29, 0.717) is 30.6 Å². The average Bonchev–Trinajstić information content (AvgIpc) is 3.16. The topological polar surface area (TPSA) is 165 Å². The maximum absolute atomic E-state index is 13.3. The molecule has 2 saturated heterocycles. The third kappa shape index (κ3) is 11.0. The number of benzene rings is 3. The number of carbonyl (C=O) groups excluding carboxylic acids is 4. The quantitative estimate of drug-likeness (QED) is 0.163. The van der Waals surface area contributed by atoms with Crippen molar-refractivity contribution in [1.82, 2.24) is 15.1 Å². The zero-order chi connectivity index (χ0) is 39.8. The van der Waals surface area contributed by atoms with Crippen LogP contribution in [-0.2, 0) is 31.8 Å². The Bertz CT molecular complexity index is 1890. The highest BCUT2D eigenvalue weighted by Gasteiger charge is 2.36. The summed E-state index contributed by atoms with van der Waals surface area (Å²) in [7, 11) is 1.57. The van der Waals surface area contributed by atoms with Gasteiger partial charge in [-0.3, -0.25) is 29.4 Å². The number of nitrogens with zero attached hydrogens (tertiary/aromatic N) is 4. The first-order valence-electron chi connectivity index (χ1n) is 17.8. The molecule has 0 saturated carbocycles. The summed E-state index contributed by atoms with van der Waals surface area (Å²) < 4.78 is 51.4. The summed E-state index contributed by atoms with van der Waals surface area (Å²) in [5.74, 6) is -0.850. The first-order valence-corrected chi connectivity index (χ1v) is 17.8. The van der Waals surface area contributed by atoms with E-state index in [1.54, 1.807) is 19.2 Å². The second-order valence-electron chi connectivity index (χ2n) is 13.7. The van der Waals surface area contributed by atoms with Gasteiger partial charge in [0.2, 0.25) is 17.7 Å². The highest BCUT2D eigenvalue weighted by atomic mass is 19.4. The third-order valence-corrected chi connectivity index (χ3v) is 9.52. The lowest BCUT2D eigenvalue weighted by atomic mass is 10.0. The lowest BCUT2D eigenvalue weighted by Crippen LogP contribution is -2.53. The third-order valence-electron chi connectivity index (χ3n) is 9.52. The van der Waals surface area contributed by atoms with Gasteiger partial charge in [0.05, 0.1) is 30.2 Å². The molecule has 3 aromatic rings. The molecule has 0 bridgehead atoms. The number of aliphatic hydroxyl groups is 1. The molecular formula is C39H43F3N6O7. The van der Waals surface area contributed by atoms with Crippen LogP contribution in [0.3, 0.4) is 0 Å². The van der Waals surface area contributed by atoms with Gasteiger partial charge in [0, 0.05) is 57.6 Å². The van der Waals surface area contributed by atoms with E-state index in [0.717, 1.165) is 62.5 Å². The maximum atomic E-state index is 13.3. The van der Waals surface area contributed by atoms with Crippen molar-refractivity contribution in [3.8, 4) is 17.6 Å². The second-order valence-corrected chi connectivity index (χ2v) is 13.7. The number of hydrogen-bond acceptors (Lipinski definition) is 10. The molecule has 0 aromatic heterocycles. The fraction of sp³-hybridized carbons (Fsp3) is 0.410. The Morgan fingerprint density at radius 1 is 1.00 bits per heavy atom. The molecule has 2 fully saturated rings. The van der Waals surface area contributed by atoms with E-state index in [2.05, 4.69) is 20.4 Å². The van der Waals surface area contributed by atoms with Crippen LogP contribution in [0.4, 0.5) is 24.5 Å². The Hall–Kier alpha value is -5.66. The van der Waals surface area contributed by atoms with E-state index in [-0.39, 0.29) is 30.3 Å². The molecule has 292 valence electrons. The van der Waals surface area contributed by atoms with Crippen LogP contribution in [-0.4, -0.2) is 103 Å². The van der Waals surface area contributed by atoms with Crippen molar-refractivity contribution < 1.29 is 46.9 Å². The van der Waals surface area contributed by atoms with Crippen molar-refractivity contribution in [3.05, 3.63) is 83.4 Å². The standard InChI is InChI=1S/C39H43F3N6O7/c1-38(53,37(52)44-28-7-6-27(24-43)32(23-28)39(40,41)42)25-55-31-12-8-29(9-13-31)48-19-17-47(18-20-48)16-3-21-54-30-10-4-26(5-11-30)22-35(50)46(2)33-14-15-34(49)45-36(33)51/h4-13,23,33,53H,3,14-22,25H2,1-2H3,(H,44,52)(H,45,49,51)/t33-,38?/m0/s1. The molecule has 1 unspecified atom stereocenters. The van der Waals surface area contributed by atoms with Gasteiger partial charge in [-0.1, -0.05) is 12.1 Å². The van der Waals surface area contributed by atoms with Gasteiger partial charge in [0.15, 0.2) is 5.60 Å². The smallest absolute Gasteiger partial charge is 0.417 e. The zero-order valence-electron chi connectivity index (χ0n) is 30.5. The number of ether oxygens (including phenoxy) is 2. The molecule has 2 aliphatic rings. The highest BCUT2D eigenvalue weighted by molar-refractivity contribution is 6.01. The molecule has 2 atom stereocenters. The van der Waals surface area contributed by atoms with Gasteiger partial charge in [-0.15, -0.1) is 0 Å². The zero-order valence-corrected chi connectivity index (χ0v) is 30.5. The summed E-state index contributed by atoms with van der Waals surface area (Å²) in [6, 6.07) is 18.1. The monoisotopic (exact) mass is 764 g/mol. The van der Waals surface area contributed by atoms with Crippen LogP contribution < -0.4 is 25.0 Å². The largest absolute Gasteiger partial charge is 0.494 e. The number of hydrogen-bond donors (Lipinski definition) is 3. The number of imide groups is 1. The van der Waals surface area contributed by atoms with E-state index in [1.807, 2.05) is 36.4 Å². The molecule has 16 heteroatoms. The van der Waals surface area contributed by atoms with Crippen molar-refractivity contribution >= 4 is 35.0 Å². The molecule has 3 N–H and O–H groups in total. The molecule has 3 aromatic carbocycles. The Kier molecular flexibility index (Phi) is 13.0. The minimum absolute atomic E-state index is 0.131. The summed E-state index contributed by atoms with van der Waals surface area (Å²) in [6.45, 7) is 5.45. The first kappa shape index (κ1) is 40.5. The Morgan fingerprint density at radius 2 is 1.65 bits per heavy atom. The fourth-order valence-corrected chi connectivity index (χ4v) is 6.20. The van der Waals surface area contributed by atoms with Gasteiger partial charge in [-0.25, -0.2) is 0 Å². The first-order chi connectivity index (χ1) is 26.1. The van der Waals surface area contributed by atoms with Crippen molar-refractivity contribution in [2.45, 2.75) is 50.4 Å². The molecule has 5 rings (SSSR count). The number of piperazine rings is 1. The number of alkyl halides is 3. The number of amides is 4. The normalized spacial score (nSPS) is 17.4. The second kappa shape index (κ2) is 17.7. The van der Waals surface area contributed by atoms with Crippen LogP contribution in [0.15, 0.2) is 66.7 Å². The van der Waals surface area contributed by atoms with E-state index in [9.17, 15) is 37.5 Å². The molecule has 2 aliphatic heterocycles. The van der Waals surface area contributed by atoms with Crippen molar-refractivity contribution in [2.75, 3.05) is 63.2 Å².